The fourth-order valence-corrected chi connectivity index (χ4v) is 3.17. The molecule has 10 nitrogen and oxygen atoms in total. The van der Waals surface area contributed by atoms with Gasteiger partial charge in [0.2, 0.25) is 17.7 Å². The van der Waals surface area contributed by atoms with Crippen molar-refractivity contribution in [2.45, 2.75) is 37.4 Å². The fourth-order valence-electron chi connectivity index (χ4n) is 2.70. The Bertz CT molecular complexity index is 532. The van der Waals surface area contributed by atoms with Crippen molar-refractivity contribution in [1.82, 2.24) is 15.5 Å². The summed E-state index contributed by atoms with van der Waals surface area (Å²) in [5, 5.41) is 22.8. The molecular formula is C15H26N4O6S. The van der Waals surface area contributed by atoms with E-state index in [0.717, 1.165) is 0 Å². The van der Waals surface area contributed by atoms with Crippen molar-refractivity contribution in [1.29, 1.82) is 0 Å². The zero-order valence-corrected chi connectivity index (χ0v) is 15.5. The van der Waals surface area contributed by atoms with Gasteiger partial charge in [0.05, 0.1) is 13.2 Å². The van der Waals surface area contributed by atoms with Crippen LogP contribution in [0.4, 0.5) is 0 Å². The molecule has 1 rings (SSSR count). The maximum Gasteiger partial charge on any atom is 0.328 e. The number of aliphatic carboxylic acids is 1. The number of likely N-dealkylation sites (tertiary alicyclic amines) is 1. The van der Waals surface area contributed by atoms with E-state index >= 15 is 0 Å². The van der Waals surface area contributed by atoms with E-state index in [1.165, 1.54) is 16.7 Å². The van der Waals surface area contributed by atoms with Crippen molar-refractivity contribution in [2.24, 2.45) is 5.73 Å². The Balaban J connectivity index is 2.84. The van der Waals surface area contributed by atoms with Crippen molar-refractivity contribution < 1.29 is 29.4 Å². The molecule has 0 aromatic heterocycles. The maximum atomic E-state index is 12.8. The molecule has 0 spiro atoms. The molecule has 1 fully saturated rings. The van der Waals surface area contributed by atoms with Crippen LogP contribution in [0.1, 0.15) is 19.3 Å². The van der Waals surface area contributed by atoms with E-state index in [2.05, 4.69) is 10.6 Å². The summed E-state index contributed by atoms with van der Waals surface area (Å²) >= 11 is 1.52. The van der Waals surface area contributed by atoms with Gasteiger partial charge in [0.25, 0.3) is 0 Å². The van der Waals surface area contributed by atoms with Gasteiger partial charge in [-0.05, 0) is 31.3 Å². The third kappa shape index (κ3) is 6.15. The predicted molar refractivity (Wildman–Crippen MR) is 95.4 cm³/mol. The molecular weight excluding hydrogens is 364 g/mol. The number of amides is 3. The lowest BCUT2D eigenvalue weighted by Crippen LogP contribution is -2.56. The van der Waals surface area contributed by atoms with Crippen LogP contribution >= 0.6 is 11.8 Å². The number of carboxylic acids is 1. The zero-order valence-electron chi connectivity index (χ0n) is 14.6. The molecule has 3 unspecified atom stereocenters. The summed E-state index contributed by atoms with van der Waals surface area (Å²) in [7, 11) is 0. The van der Waals surface area contributed by atoms with Crippen LogP contribution in [0.3, 0.4) is 0 Å². The van der Waals surface area contributed by atoms with Crippen molar-refractivity contribution in [3.63, 3.8) is 0 Å². The van der Waals surface area contributed by atoms with E-state index in [1.807, 2.05) is 6.26 Å². The van der Waals surface area contributed by atoms with Crippen LogP contribution < -0.4 is 16.4 Å². The minimum atomic E-state index is -1.43. The van der Waals surface area contributed by atoms with Gasteiger partial charge in [-0.2, -0.15) is 11.8 Å². The van der Waals surface area contributed by atoms with Crippen LogP contribution in [-0.4, -0.2) is 88.6 Å². The van der Waals surface area contributed by atoms with Crippen molar-refractivity contribution in [3.8, 4) is 0 Å². The molecule has 3 amide bonds. The number of hydrogen-bond donors (Lipinski definition) is 5. The average Bonchev–Trinajstić information content (AvgIpc) is 3.11. The van der Waals surface area contributed by atoms with Crippen LogP contribution in [0, 0.1) is 0 Å². The molecule has 3 atom stereocenters. The molecule has 1 aliphatic rings. The Morgan fingerprint density at radius 2 is 1.96 bits per heavy atom. The molecule has 1 saturated heterocycles. The number of nitrogens with two attached hydrogens (primary N) is 1. The van der Waals surface area contributed by atoms with Gasteiger partial charge in [-0.3, -0.25) is 14.4 Å². The Labute approximate surface area is 155 Å². The second-order valence-corrected chi connectivity index (χ2v) is 6.86. The summed E-state index contributed by atoms with van der Waals surface area (Å²) in [6.45, 7) is -0.656. The Morgan fingerprint density at radius 3 is 2.50 bits per heavy atom. The lowest BCUT2D eigenvalue weighted by atomic mass is 10.1. The minimum absolute atomic E-state index is 0.246. The molecule has 11 heteroatoms. The minimum Gasteiger partial charge on any atom is -0.480 e. The van der Waals surface area contributed by atoms with E-state index in [4.69, 9.17) is 15.9 Å². The van der Waals surface area contributed by atoms with Crippen molar-refractivity contribution >= 4 is 35.5 Å². The monoisotopic (exact) mass is 390 g/mol. The Hall–Kier alpha value is -1.85. The zero-order chi connectivity index (χ0) is 19.7. The van der Waals surface area contributed by atoms with Crippen LogP contribution in [0.15, 0.2) is 0 Å². The molecule has 0 aromatic rings. The number of carbonyl (C=O) groups excluding carboxylic acids is 3. The highest BCUT2D eigenvalue weighted by molar-refractivity contribution is 7.98. The number of aliphatic hydroxyl groups is 1. The summed E-state index contributed by atoms with van der Waals surface area (Å²) in [5.41, 5.74) is 5.29. The van der Waals surface area contributed by atoms with E-state index < -0.39 is 48.4 Å². The predicted octanol–water partition coefficient (Wildman–Crippen LogP) is -2.26. The summed E-state index contributed by atoms with van der Waals surface area (Å²) in [6.07, 6.45) is 3.24. The van der Waals surface area contributed by atoms with Gasteiger partial charge in [-0.15, -0.1) is 0 Å². The summed E-state index contributed by atoms with van der Waals surface area (Å²) < 4.78 is 0. The summed E-state index contributed by atoms with van der Waals surface area (Å²) in [6, 6.07) is -3.05. The smallest absolute Gasteiger partial charge is 0.328 e. The SMILES string of the molecule is CSCCC(NC(=O)CN)C(=O)N1CCCC1C(=O)NC(CO)C(=O)O. The van der Waals surface area contributed by atoms with Gasteiger partial charge in [-0.1, -0.05) is 0 Å². The van der Waals surface area contributed by atoms with Crippen LogP contribution in [0.5, 0.6) is 0 Å². The molecule has 0 radical (unpaired) electrons. The maximum absolute atomic E-state index is 12.8. The van der Waals surface area contributed by atoms with Gasteiger partial charge in [0.15, 0.2) is 0 Å². The molecule has 1 aliphatic heterocycles. The van der Waals surface area contributed by atoms with Gasteiger partial charge in [0, 0.05) is 6.54 Å². The number of carboxylic acid groups (broad SMARTS) is 1. The highest BCUT2D eigenvalue weighted by Crippen LogP contribution is 2.20. The lowest BCUT2D eigenvalue weighted by Gasteiger charge is -2.29. The second kappa shape index (κ2) is 11.0. The molecule has 0 aliphatic carbocycles. The first-order chi connectivity index (χ1) is 12.3. The third-order valence-corrected chi connectivity index (χ3v) is 4.71. The average molecular weight is 390 g/mol. The van der Waals surface area contributed by atoms with E-state index in [0.29, 0.717) is 31.6 Å². The summed E-state index contributed by atoms with van der Waals surface area (Å²) in [4.78, 5) is 49.1. The topological polar surface area (TPSA) is 162 Å². The van der Waals surface area contributed by atoms with Gasteiger partial charge >= 0.3 is 5.97 Å². The molecule has 6 N–H and O–H groups in total. The molecule has 0 saturated carbocycles. The Morgan fingerprint density at radius 1 is 1.27 bits per heavy atom. The van der Waals surface area contributed by atoms with Crippen molar-refractivity contribution in [2.75, 3.05) is 31.7 Å². The molecule has 148 valence electrons. The first-order valence-corrected chi connectivity index (χ1v) is 9.68. The van der Waals surface area contributed by atoms with Crippen molar-refractivity contribution in [3.05, 3.63) is 0 Å². The number of carbonyl (C=O) groups is 4. The molecule has 1 heterocycles. The lowest BCUT2D eigenvalue weighted by molar-refractivity contribution is -0.145. The fraction of sp³-hybridized carbons (Fsp3) is 0.733. The number of nitrogens with one attached hydrogen (secondary N) is 2. The first kappa shape index (κ1) is 22.2. The number of nitrogens with zero attached hydrogens (tertiary/aromatic N) is 1. The number of hydrogen-bond acceptors (Lipinski definition) is 7. The number of thioether (sulfide) groups is 1. The van der Waals surface area contributed by atoms with Crippen LogP contribution in [-0.2, 0) is 19.2 Å². The summed E-state index contributed by atoms with van der Waals surface area (Å²) in [5.74, 6) is -2.21. The molecule has 26 heavy (non-hydrogen) atoms. The standard InChI is InChI=1S/C15H26N4O6S/c1-26-6-4-9(17-12(21)7-16)14(23)19-5-2-3-11(19)13(22)18-10(8-20)15(24)25/h9-11,20H,2-8,16H2,1H3,(H,17,21)(H,18,22)(H,24,25). The van der Waals surface area contributed by atoms with Crippen LogP contribution in [0.2, 0.25) is 0 Å². The quantitative estimate of drug-likeness (QED) is 0.279. The number of rotatable bonds is 10. The van der Waals surface area contributed by atoms with E-state index in [1.54, 1.807) is 0 Å². The number of aliphatic hydroxyl groups excluding tert-OH is 1. The van der Waals surface area contributed by atoms with Gasteiger partial charge in [0.1, 0.15) is 18.1 Å². The highest BCUT2D eigenvalue weighted by Gasteiger charge is 2.38. The van der Waals surface area contributed by atoms with E-state index in [9.17, 15) is 19.2 Å². The second-order valence-electron chi connectivity index (χ2n) is 5.88. The Kier molecular flexibility index (Phi) is 9.38. The molecule has 0 aromatic carbocycles. The first-order valence-electron chi connectivity index (χ1n) is 8.28. The largest absolute Gasteiger partial charge is 0.480 e. The highest BCUT2D eigenvalue weighted by atomic mass is 32.2. The third-order valence-electron chi connectivity index (χ3n) is 4.07. The van der Waals surface area contributed by atoms with Gasteiger partial charge in [-0.25, -0.2) is 4.79 Å². The molecule has 0 bridgehead atoms. The normalized spacial score (nSPS) is 18.9. The van der Waals surface area contributed by atoms with Crippen LogP contribution in [0.25, 0.3) is 0 Å². The van der Waals surface area contributed by atoms with Gasteiger partial charge < -0.3 is 31.5 Å². The van der Waals surface area contributed by atoms with E-state index in [-0.39, 0.29) is 6.54 Å².